The lowest BCUT2D eigenvalue weighted by molar-refractivity contribution is -0.138. The molecule has 0 bridgehead atoms. The summed E-state index contributed by atoms with van der Waals surface area (Å²) in [4.78, 5) is 22.3. The van der Waals surface area contributed by atoms with E-state index in [-0.39, 0.29) is 18.2 Å². The maximum atomic E-state index is 11.6. The van der Waals surface area contributed by atoms with Crippen LogP contribution in [0.1, 0.15) is 53.4 Å². The van der Waals surface area contributed by atoms with Crippen molar-refractivity contribution in [1.82, 2.24) is 5.32 Å². The van der Waals surface area contributed by atoms with Crippen molar-refractivity contribution in [1.29, 1.82) is 0 Å². The molecule has 4 heteroatoms. The Morgan fingerprint density at radius 3 is 2.17 bits per heavy atom. The summed E-state index contributed by atoms with van der Waals surface area (Å²) in [7, 11) is 0. The lowest BCUT2D eigenvalue weighted by Gasteiger charge is -2.18. The summed E-state index contributed by atoms with van der Waals surface area (Å²) in [5.74, 6) is 0.230. The molecule has 0 aliphatic heterocycles. The van der Waals surface area contributed by atoms with E-state index < -0.39 is 5.97 Å². The molecule has 0 spiro atoms. The smallest absolute Gasteiger partial charge is 0.303 e. The van der Waals surface area contributed by atoms with E-state index in [9.17, 15) is 9.59 Å². The predicted octanol–water partition coefficient (Wildman–Crippen LogP) is 2.68. The number of nitrogens with one attached hydrogen (secondary N) is 1. The second kappa shape index (κ2) is 8.95. The van der Waals surface area contributed by atoms with E-state index in [1.54, 1.807) is 0 Å². The fourth-order valence-corrected chi connectivity index (χ4v) is 1.92. The number of aliphatic carboxylic acids is 1. The first-order valence-corrected chi connectivity index (χ1v) is 6.79. The van der Waals surface area contributed by atoms with E-state index in [0.29, 0.717) is 24.8 Å². The van der Waals surface area contributed by atoms with Crippen LogP contribution < -0.4 is 5.32 Å². The molecule has 1 unspecified atom stereocenters. The highest BCUT2D eigenvalue weighted by Crippen LogP contribution is 2.15. The molecule has 1 amide bonds. The third kappa shape index (κ3) is 10.1. The van der Waals surface area contributed by atoms with E-state index in [0.717, 1.165) is 12.8 Å². The first kappa shape index (κ1) is 16.9. The Bertz CT molecular complexity index is 262. The third-order valence-electron chi connectivity index (χ3n) is 2.80. The van der Waals surface area contributed by atoms with Gasteiger partial charge in [-0.05, 0) is 30.6 Å². The highest BCUT2D eigenvalue weighted by molar-refractivity contribution is 5.76. The van der Waals surface area contributed by atoms with Crippen LogP contribution in [0.3, 0.4) is 0 Å². The Balaban J connectivity index is 4.00. The Morgan fingerprint density at radius 1 is 1.11 bits per heavy atom. The number of carboxylic acids is 1. The fraction of sp³-hybridized carbons (Fsp3) is 0.857. The minimum absolute atomic E-state index is 0.0304. The molecule has 18 heavy (non-hydrogen) atoms. The molecule has 0 aromatic rings. The maximum Gasteiger partial charge on any atom is 0.303 e. The van der Waals surface area contributed by atoms with Gasteiger partial charge in [-0.25, -0.2) is 0 Å². The second-order valence-corrected chi connectivity index (χ2v) is 5.83. The van der Waals surface area contributed by atoms with Crippen molar-refractivity contribution in [3.8, 4) is 0 Å². The lowest BCUT2D eigenvalue weighted by Crippen LogP contribution is -2.31. The Hall–Kier alpha value is -1.06. The van der Waals surface area contributed by atoms with Crippen molar-refractivity contribution in [3.63, 3.8) is 0 Å². The summed E-state index contributed by atoms with van der Waals surface area (Å²) in [6, 6.07) is 0. The summed E-state index contributed by atoms with van der Waals surface area (Å²) in [6.07, 6.45) is 2.36. The first-order chi connectivity index (χ1) is 8.31. The number of hydrogen-bond acceptors (Lipinski definition) is 2. The zero-order valence-corrected chi connectivity index (χ0v) is 12.0. The molecule has 0 aliphatic carbocycles. The van der Waals surface area contributed by atoms with Gasteiger partial charge < -0.3 is 10.4 Å². The van der Waals surface area contributed by atoms with Crippen LogP contribution in [0.5, 0.6) is 0 Å². The van der Waals surface area contributed by atoms with Gasteiger partial charge in [0, 0.05) is 19.4 Å². The van der Waals surface area contributed by atoms with Crippen LogP contribution in [-0.4, -0.2) is 23.5 Å². The van der Waals surface area contributed by atoms with Crippen LogP contribution in [0.2, 0.25) is 0 Å². The number of carbonyl (C=O) groups is 2. The molecule has 0 saturated heterocycles. The topological polar surface area (TPSA) is 66.4 Å². The summed E-state index contributed by atoms with van der Waals surface area (Å²) in [6.45, 7) is 8.77. The molecular formula is C14H27NO3. The monoisotopic (exact) mass is 257 g/mol. The van der Waals surface area contributed by atoms with E-state index in [1.807, 2.05) is 0 Å². The summed E-state index contributed by atoms with van der Waals surface area (Å²) >= 11 is 0. The predicted molar refractivity (Wildman–Crippen MR) is 72.3 cm³/mol. The molecule has 2 N–H and O–H groups in total. The molecule has 0 aromatic heterocycles. The van der Waals surface area contributed by atoms with Gasteiger partial charge in [-0.1, -0.05) is 27.7 Å². The van der Waals surface area contributed by atoms with Crippen LogP contribution in [-0.2, 0) is 9.59 Å². The Morgan fingerprint density at radius 2 is 1.72 bits per heavy atom. The van der Waals surface area contributed by atoms with Crippen LogP contribution in [0.4, 0.5) is 0 Å². The van der Waals surface area contributed by atoms with Crippen LogP contribution in [0, 0.1) is 17.8 Å². The van der Waals surface area contributed by atoms with Crippen molar-refractivity contribution in [2.45, 2.75) is 53.4 Å². The van der Waals surface area contributed by atoms with Gasteiger partial charge >= 0.3 is 5.97 Å². The SMILES string of the molecule is CC(C)CCC(=O)NCC(CC(=O)O)CC(C)C. The molecule has 0 fully saturated rings. The summed E-state index contributed by atoms with van der Waals surface area (Å²) in [5.41, 5.74) is 0. The van der Waals surface area contributed by atoms with E-state index in [1.165, 1.54) is 0 Å². The minimum atomic E-state index is -0.794. The van der Waals surface area contributed by atoms with Crippen molar-refractivity contribution >= 4 is 11.9 Å². The first-order valence-electron chi connectivity index (χ1n) is 6.79. The lowest BCUT2D eigenvalue weighted by atomic mass is 9.94. The van der Waals surface area contributed by atoms with E-state index >= 15 is 0 Å². The molecule has 1 atom stereocenters. The van der Waals surface area contributed by atoms with Gasteiger partial charge in [0.05, 0.1) is 0 Å². The minimum Gasteiger partial charge on any atom is -0.481 e. The van der Waals surface area contributed by atoms with Gasteiger partial charge in [-0.3, -0.25) is 9.59 Å². The molecule has 0 rings (SSSR count). The standard InChI is InChI=1S/C14H27NO3/c1-10(2)5-6-13(16)15-9-12(7-11(3)4)8-14(17)18/h10-12H,5-9H2,1-4H3,(H,15,16)(H,17,18). The van der Waals surface area contributed by atoms with Gasteiger partial charge in [0.2, 0.25) is 5.91 Å². The van der Waals surface area contributed by atoms with E-state index in [2.05, 4.69) is 33.0 Å². The Labute approximate surface area is 110 Å². The molecular weight excluding hydrogens is 230 g/mol. The van der Waals surface area contributed by atoms with Gasteiger partial charge in [-0.15, -0.1) is 0 Å². The molecule has 0 radical (unpaired) electrons. The third-order valence-corrected chi connectivity index (χ3v) is 2.80. The normalized spacial score (nSPS) is 12.8. The van der Waals surface area contributed by atoms with Crippen LogP contribution in [0.25, 0.3) is 0 Å². The highest BCUT2D eigenvalue weighted by Gasteiger charge is 2.16. The highest BCUT2D eigenvalue weighted by atomic mass is 16.4. The number of carboxylic acid groups (broad SMARTS) is 1. The number of carbonyl (C=O) groups excluding carboxylic acids is 1. The Kier molecular flexibility index (Phi) is 8.42. The summed E-state index contributed by atoms with van der Waals surface area (Å²) in [5, 5.41) is 11.7. The summed E-state index contributed by atoms with van der Waals surface area (Å²) < 4.78 is 0. The number of rotatable bonds is 9. The molecule has 0 saturated carbocycles. The molecule has 0 aliphatic rings. The van der Waals surface area contributed by atoms with E-state index in [4.69, 9.17) is 5.11 Å². The van der Waals surface area contributed by atoms with Crippen molar-refractivity contribution in [3.05, 3.63) is 0 Å². The maximum absolute atomic E-state index is 11.6. The molecule has 0 aromatic carbocycles. The van der Waals surface area contributed by atoms with Crippen molar-refractivity contribution in [2.75, 3.05) is 6.54 Å². The molecule has 106 valence electrons. The van der Waals surface area contributed by atoms with Crippen LogP contribution >= 0.6 is 0 Å². The average Bonchev–Trinajstić information content (AvgIpc) is 2.21. The van der Waals surface area contributed by atoms with Gasteiger partial charge in [0.25, 0.3) is 0 Å². The molecule has 0 heterocycles. The number of hydrogen-bond donors (Lipinski definition) is 2. The molecule has 4 nitrogen and oxygen atoms in total. The largest absolute Gasteiger partial charge is 0.481 e. The van der Waals surface area contributed by atoms with Crippen molar-refractivity contribution < 1.29 is 14.7 Å². The van der Waals surface area contributed by atoms with Crippen LogP contribution in [0.15, 0.2) is 0 Å². The fourth-order valence-electron chi connectivity index (χ4n) is 1.92. The van der Waals surface area contributed by atoms with Crippen molar-refractivity contribution in [2.24, 2.45) is 17.8 Å². The quantitative estimate of drug-likeness (QED) is 0.667. The van der Waals surface area contributed by atoms with Gasteiger partial charge in [0.15, 0.2) is 0 Å². The van der Waals surface area contributed by atoms with Gasteiger partial charge in [0.1, 0.15) is 0 Å². The zero-order valence-electron chi connectivity index (χ0n) is 12.0. The average molecular weight is 257 g/mol. The zero-order chi connectivity index (χ0) is 14.1. The number of amides is 1. The van der Waals surface area contributed by atoms with Gasteiger partial charge in [-0.2, -0.15) is 0 Å². The second-order valence-electron chi connectivity index (χ2n) is 5.83.